The van der Waals surface area contributed by atoms with Crippen LogP contribution in [0.2, 0.25) is 0 Å². The van der Waals surface area contributed by atoms with Gasteiger partial charge in [-0.1, -0.05) is 12.1 Å². The number of ether oxygens (including phenoxy) is 2. The number of aromatic nitrogens is 1. The van der Waals surface area contributed by atoms with Crippen LogP contribution in [0, 0.1) is 17.1 Å². The van der Waals surface area contributed by atoms with Gasteiger partial charge in [0.25, 0.3) is 5.56 Å². The quantitative estimate of drug-likeness (QED) is 0.209. The maximum atomic E-state index is 14.1. The lowest BCUT2D eigenvalue weighted by molar-refractivity contribution is -0.205. The molecule has 0 saturated heterocycles. The largest absolute Gasteiger partial charge is 0.494 e. The smallest absolute Gasteiger partial charge is 0.490 e. The van der Waals surface area contributed by atoms with Gasteiger partial charge in [-0.15, -0.1) is 0 Å². The summed E-state index contributed by atoms with van der Waals surface area (Å²) in [6.45, 7) is 0.0301. The normalized spacial score (nSPS) is 14.3. The van der Waals surface area contributed by atoms with Crippen molar-refractivity contribution in [1.82, 2.24) is 4.57 Å². The Bertz CT molecular complexity index is 1410. The second-order valence-electron chi connectivity index (χ2n) is 8.39. The Hall–Kier alpha value is -3.91. The maximum Gasteiger partial charge on any atom is 0.490 e. The number of hydrogen-bond donors (Lipinski definition) is 1. The molecule has 1 fully saturated rings. The third kappa shape index (κ3) is 5.33. The first-order valence-electron chi connectivity index (χ1n) is 11.1. The second-order valence-corrected chi connectivity index (χ2v) is 8.39. The van der Waals surface area contributed by atoms with Gasteiger partial charge in [-0.2, -0.15) is 18.4 Å². The van der Waals surface area contributed by atoms with Crippen LogP contribution >= 0.6 is 0 Å². The SMILES string of the molecule is N#Cc1c(-c2cccc(F)c2)c2cc(OCCCC(N)OC(=O)C(F)(F)F)ccc2c(=O)n1C1CC1. The lowest BCUT2D eigenvalue weighted by Gasteiger charge is -2.17. The minimum Gasteiger partial charge on any atom is -0.494 e. The summed E-state index contributed by atoms with van der Waals surface area (Å²) in [4.78, 5) is 24.0. The van der Waals surface area contributed by atoms with Crippen LogP contribution in [0.3, 0.4) is 0 Å². The van der Waals surface area contributed by atoms with Crippen molar-refractivity contribution in [2.75, 3.05) is 6.61 Å². The van der Waals surface area contributed by atoms with E-state index in [0.29, 0.717) is 27.6 Å². The van der Waals surface area contributed by atoms with Crippen LogP contribution < -0.4 is 16.0 Å². The summed E-state index contributed by atoms with van der Waals surface area (Å²) in [7, 11) is 0. The molecule has 0 aliphatic heterocycles. The summed E-state index contributed by atoms with van der Waals surface area (Å²) in [6.07, 6.45) is -4.94. The Morgan fingerprint density at radius 2 is 1.94 bits per heavy atom. The molecule has 36 heavy (non-hydrogen) atoms. The van der Waals surface area contributed by atoms with E-state index in [0.717, 1.165) is 12.8 Å². The molecule has 1 saturated carbocycles. The van der Waals surface area contributed by atoms with Gasteiger partial charge in [0.2, 0.25) is 0 Å². The van der Waals surface area contributed by atoms with Crippen molar-refractivity contribution in [2.45, 2.75) is 44.1 Å². The molecule has 3 aromatic rings. The Balaban J connectivity index is 1.61. The molecular weight excluding hydrogens is 482 g/mol. The number of nitriles is 1. The molecule has 1 aliphatic rings. The number of carbonyl (C=O) groups excluding carboxylic acids is 1. The highest BCUT2D eigenvalue weighted by atomic mass is 19.4. The molecule has 2 N–H and O–H groups in total. The second kappa shape index (κ2) is 9.99. The number of nitrogens with zero attached hydrogens (tertiary/aromatic N) is 2. The van der Waals surface area contributed by atoms with Crippen molar-refractivity contribution in [1.29, 1.82) is 5.26 Å². The fourth-order valence-corrected chi connectivity index (χ4v) is 3.95. The van der Waals surface area contributed by atoms with Crippen LogP contribution in [0.15, 0.2) is 47.3 Å². The molecule has 11 heteroatoms. The Morgan fingerprint density at radius 3 is 2.58 bits per heavy atom. The number of esters is 1. The van der Waals surface area contributed by atoms with Gasteiger partial charge in [-0.05, 0) is 55.2 Å². The van der Waals surface area contributed by atoms with E-state index in [9.17, 15) is 32.4 Å². The molecule has 2 aromatic carbocycles. The minimum absolute atomic E-state index is 0.0301. The van der Waals surface area contributed by atoms with E-state index in [1.807, 2.05) is 0 Å². The van der Waals surface area contributed by atoms with Crippen molar-refractivity contribution in [3.05, 3.63) is 64.3 Å². The van der Waals surface area contributed by atoms with Crippen LogP contribution in [0.4, 0.5) is 17.6 Å². The first-order chi connectivity index (χ1) is 17.1. The van der Waals surface area contributed by atoms with E-state index >= 15 is 0 Å². The van der Waals surface area contributed by atoms with Gasteiger partial charge in [-0.25, -0.2) is 9.18 Å². The van der Waals surface area contributed by atoms with E-state index in [1.54, 1.807) is 24.3 Å². The van der Waals surface area contributed by atoms with Crippen molar-refractivity contribution in [2.24, 2.45) is 5.73 Å². The van der Waals surface area contributed by atoms with Crippen LogP contribution in [0.1, 0.15) is 37.4 Å². The molecule has 1 heterocycles. The van der Waals surface area contributed by atoms with Crippen LogP contribution in [-0.2, 0) is 9.53 Å². The number of nitrogens with two attached hydrogens (primary N) is 1. The van der Waals surface area contributed by atoms with Gasteiger partial charge >= 0.3 is 12.1 Å². The topological polar surface area (TPSA) is 107 Å². The highest BCUT2D eigenvalue weighted by Crippen LogP contribution is 2.39. The predicted octanol–water partition coefficient (Wildman–Crippen LogP) is 4.56. The van der Waals surface area contributed by atoms with Gasteiger partial charge < -0.3 is 9.47 Å². The molecule has 1 atom stereocenters. The summed E-state index contributed by atoms with van der Waals surface area (Å²) < 4.78 is 62.1. The molecule has 0 bridgehead atoms. The number of fused-ring (bicyclic) bond motifs is 1. The Morgan fingerprint density at radius 1 is 1.19 bits per heavy atom. The predicted molar refractivity (Wildman–Crippen MR) is 121 cm³/mol. The molecule has 1 unspecified atom stereocenters. The number of pyridine rings is 1. The zero-order valence-corrected chi connectivity index (χ0v) is 18.8. The van der Waals surface area contributed by atoms with Gasteiger partial charge in [0.05, 0.1) is 6.61 Å². The van der Waals surface area contributed by atoms with Gasteiger partial charge in [0.1, 0.15) is 23.3 Å². The maximum absolute atomic E-state index is 14.1. The van der Waals surface area contributed by atoms with Crippen LogP contribution in [0.5, 0.6) is 5.75 Å². The molecule has 0 radical (unpaired) electrons. The van der Waals surface area contributed by atoms with Crippen molar-refractivity contribution < 1.29 is 31.8 Å². The summed E-state index contributed by atoms with van der Waals surface area (Å²) in [5.74, 6) is -2.53. The molecule has 188 valence electrons. The fraction of sp³-hybridized carbons (Fsp3) is 0.320. The van der Waals surface area contributed by atoms with Crippen molar-refractivity contribution >= 4 is 16.7 Å². The molecule has 0 spiro atoms. The fourth-order valence-electron chi connectivity index (χ4n) is 3.95. The van der Waals surface area contributed by atoms with E-state index in [2.05, 4.69) is 10.8 Å². The standard InChI is InChI=1S/C25H21F4N3O4/c26-15-4-1-3-14(11-15)22-19-12-17(35-10-2-5-21(31)36-24(34)25(27,28)29)8-9-18(19)23(33)32(16-6-7-16)20(22)13-30/h1,3-4,8-9,11-12,16,21H,2,5-7,10,31H2. The lowest BCUT2D eigenvalue weighted by atomic mass is 9.96. The zero-order valence-electron chi connectivity index (χ0n) is 18.8. The Kier molecular flexibility index (Phi) is 6.99. The molecular formula is C25H21F4N3O4. The Labute approximate surface area is 202 Å². The molecule has 1 aliphatic carbocycles. The third-order valence-electron chi connectivity index (χ3n) is 5.71. The van der Waals surface area contributed by atoms with E-state index in [4.69, 9.17) is 10.5 Å². The minimum atomic E-state index is -5.13. The number of carbonyl (C=O) groups is 1. The summed E-state index contributed by atoms with van der Waals surface area (Å²) >= 11 is 0. The number of rotatable bonds is 8. The number of halogens is 4. The van der Waals surface area contributed by atoms with Gasteiger partial charge in [0, 0.05) is 28.8 Å². The molecule has 4 rings (SSSR count). The van der Waals surface area contributed by atoms with E-state index in [1.165, 1.54) is 22.8 Å². The van der Waals surface area contributed by atoms with Crippen LogP contribution in [-0.4, -0.2) is 29.5 Å². The van der Waals surface area contributed by atoms with E-state index in [-0.39, 0.29) is 36.7 Å². The van der Waals surface area contributed by atoms with Crippen LogP contribution in [0.25, 0.3) is 21.9 Å². The molecule has 1 aromatic heterocycles. The zero-order chi connectivity index (χ0) is 26.0. The first-order valence-corrected chi connectivity index (χ1v) is 11.1. The number of hydrogen-bond acceptors (Lipinski definition) is 6. The third-order valence-corrected chi connectivity index (χ3v) is 5.71. The monoisotopic (exact) mass is 503 g/mol. The molecule has 0 amide bonds. The highest BCUT2D eigenvalue weighted by molar-refractivity contribution is 5.99. The highest BCUT2D eigenvalue weighted by Gasteiger charge is 2.41. The number of benzene rings is 2. The van der Waals surface area contributed by atoms with Crippen molar-refractivity contribution in [3.63, 3.8) is 0 Å². The van der Waals surface area contributed by atoms with Gasteiger partial charge in [-0.3, -0.25) is 15.1 Å². The number of alkyl halides is 3. The van der Waals surface area contributed by atoms with Gasteiger partial charge in [0.15, 0.2) is 6.23 Å². The summed E-state index contributed by atoms with van der Waals surface area (Å²) in [5, 5.41) is 10.7. The molecule has 7 nitrogen and oxygen atoms in total. The summed E-state index contributed by atoms with van der Waals surface area (Å²) in [6, 6.07) is 12.4. The summed E-state index contributed by atoms with van der Waals surface area (Å²) in [5.41, 5.74) is 6.06. The lowest BCUT2D eigenvalue weighted by Crippen LogP contribution is -2.34. The van der Waals surface area contributed by atoms with Crippen molar-refractivity contribution in [3.8, 4) is 22.9 Å². The average Bonchev–Trinajstić information content (AvgIpc) is 3.66. The first kappa shape index (κ1) is 25.2. The van der Waals surface area contributed by atoms with E-state index < -0.39 is 24.2 Å². The average molecular weight is 503 g/mol.